The average molecular weight is 422 g/mol. The summed E-state index contributed by atoms with van der Waals surface area (Å²) in [5, 5.41) is 15.3. The van der Waals surface area contributed by atoms with Gasteiger partial charge in [-0.25, -0.2) is 0 Å². The van der Waals surface area contributed by atoms with E-state index in [-0.39, 0.29) is 17.7 Å². The molecule has 0 saturated carbocycles. The molecule has 6 heteroatoms. The van der Waals surface area contributed by atoms with Gasteiger partial charge in [-0.1, -0.05) is 49.1 Å². The summed E-state index contributed by atoms with van der Waals surface area (Å²) in [6, 6.07) is 15.2. The minimum Gasteiger partial charge on any atom is -0.366 e. The molecule has 2 aromatic carbocycles. The number of hydrogen-bond acceptors (Lipinski definition) is 4. The second-order valence-electron chi connectivity index (χ2n) is 7.71. The molecule has 2 aliphatic rings. The highest BCUT2D eigenvalue weighted by Crippen LogP contribution is 2.44. The van der Waals surface area contributed by atoms with E-state index in [1.165, 1.54) is 6.08 Å². The number of rotatable bonds is 5. The SMILES string of the molecule is C=CC(=O)Nc1cccc(C2C=CC(C(N)=O)=C3NC(c4ccc(C#N)cc4)=CC32)c1C. The summed E-state index contributed by atoms with van der Waals surface area (Å²) in [5.41, 5.74) is 11.9. The molecule has 1 aliphatic heterocycles. The predicted molar refractivity (Wildman–Crippen MR) is 124 cm³/mol. The van der Waals surface area contributed by atoms with Crippen LogP contribution in [0.25, 0.3) is 5.70 Å². The first-order valence-electron chi connectivity index (χ1n) is 10.2. The topological polar surface area (TPSA) is 108 Å². The monoisotopic (exact) mass is 422 g/mol. The fraction of sp³-hybridized carbons (Fsp3) is 0.115. The number of allylic oxidation sites excluding steroid dienone is 2. The largest absolute Gasteiger partial charge is 0.366 e. The Hall–Kier alpha value is -4.37. The van der Waals surface area contributed by atoms with Gasteiger partial charge in [-0.3, -0.25) is 9.59 Å². The maximum absolute atomic E-state index is 12.1. The summed E-state index contributed by atoms with van der Waals surface area (Å²) in [6.45, 7) is 5.47. The number of nitrogens with two attached hydrogens (primary N) is 1. The molecule has 0 aromatic heterocycles. The van der Waals surface area contributed by atoms with Crippen LogP contribution in [0.15, 0.2) is 84.6 Å². The van der Waals surface area contributed by atoms with Crippen molar-refractivity contribution in [1.29, 1.82) is 5.26 Å². The molecule has 32 heavy (non-hydrogen) atoms. The van der Waals surface area contributed by atoms with Crippen LogP contribution >= 0.6 is 0 Å². The standard InChI is InChI=1S/C26H22N4O2/c1-3-24(31)29-22-6-4-5-18(15(22)2)19-11-12-20(26(28)32)25-21(19)13-23(30-25)17-9-7-16(14-27)8-10-17/h3-13,19,21,30H,1H2,2H3,(H2,28,32)(H,29,31). The molecule has 0 saturated heterocycles. The van der Waals surface area contributed by atoms with Gasteiger partial charge in [0.1, 0.15) is 0 Å². The maximum Gasteiger partial charge on any atom is 0.250 e. The van der Waals surface area contributed by atoms with Crippen LogP contribution in [0, 0.1) is 24.2 Å². The molecule has 6 nitrogen and oxygen atoms in total. The van der Waals surface area contributed by atoms with Crippen molar-refractivity contribution in [3.8, 4) is 6.07 Å². The number of nitriles is 1. The summed E-state index contributed by atoms with van der Waals surface area (Å²) in [7, 11) is 0. The van der Waals surface area contributed by atoms with Gasteiger partial charge in [-0.15, -0.1) is 0 Å². The second kappa shape index (κ2) is 8.40. The van der Waals surface area contributed by atoms with Crippen molar-refractivity contribution in [2.45, 2.75) is 12.8 Å². The molecule has 2 amide bonds. The highest BCUT2D eigenvalue weighted by atomic mass is 16.1. The van der Waals surface area contributed by atoms with Gasteiger partial charge in [0.05, 0.1) is 17.2 Å². The van der Waals surface area contributed by atoms with E-state index in [9.17, 15) is 9.59 Å². The minimum absolute atomic E-state index is 0.0583. The molecule has 1 aliphatic carbocycles. The highest BCUT2D eigenvalue weighted by Gasteiger charge is 2.35. The third-order valence-electron chi connectivity index (χ3n) is 5.86. The molecule has 2 atom stereocenters. The highest BCUT2D eigenvalue weighted by molar-refractivity contribution is 5.99. The number of fused-ring (bicyclic) bond motifs is 1. The lowest BCUT2D eigenvalue weighted by molar-refractivity contribution is -0.114. The molecule has 1 heterocycles. The van der Waals surface area contributed by atoms with E-state index in [4.69, 9.17) is 11.0 Å². The zero-order valence-corrected chi connectivity index (χ0v) is 17.6. The Kier molecular flexibility index (Phi) is 5.48. The van der Waals surface area contributed by atoms with Crippen molar-refractivity contribution in [2.75, 3.05) is 5.32 Å². The van der Waals surface area contributed by atoms with Crippen LogP contribution in [0.2, 0.25) is 0 Å². The number of anilines is 1. The van der Waals surface area contributed by atoms with Gasteiger partial charge in [0.25, 0.3) is 0 Å². The van der Waals surface area contributed by atoms with Gasteiger partial charge < -0.3 is 16.4 Å². The third kappa shape index (κ3) is 3.72. The smallest absolute Gasteiger partial charge is 0.250 e. The second-order valence-corrected chi connectivity index (χ2v) is 7.71. The average Bonchev–Trinajstić information content (AvgIpc) is 3.25. The summed E-state index contributed by atoms with van der Waals surface area (Å²) < 4.78 is 0. The minimum atomic E-state index is -0.495. The summed E-state index contributed by atoms with van der Waals surface area (Å²) in [5.74, 6) is -0.953. The van der Waals surface area contributed by atoms with E-state index in [2.05, 4.69) is 29.4 Å². The van der Waals surface area contributed by atoms with Gasteiger partial charge >= 0.3 is 0 Å². The lowest BCUT2D eigenvalue weighted by Gasteiger charge is -2.28. The number of primary amides is 1. The Bertz CT molecular complexity index is 1260. The predicted octanol–water partition coefficient (Wildman–Crippen LogP) is 3.64. The zero-order chi connectivity index (χ0) is 22.8. The third-order valence-corrected chi connectivity index (χ3v) is 5.86. The van der Waals surface area contributed by atoms with E-state index in [1.54, 1.807) is 18.2 Å². The fourth-order valence-corrected chi connectivity index (χ4v) is 4.21. The first kappa shape index (κ1) is 20.9. The number of amides is 2. The number of nitrogens with one attached hydrogen (secondary N) is 2. The van der Waals surface area contributed by atoms with Crippen LogP contribution in [0.3, 0.4) is 0 Å². The molecule has 158 valence electrons. The normalized spacial score (nSPS) is 18.8. The number of carbonyl (C=O) groups is 2. The van der Waals surface area contributed by atoms with Crippen LogP contribution in [0.5, 0.6) is 0 Å². The van der Waals surface area contributed by atoms with E-state index < -0.39 is 5.91 Å². The first-order valence-corrected chi connectivity index (χ1v) is 10.2. The fourth-order valence-electron chi connectivity index (χ4n) is 4.21. The van der Waals surface area contributed by atoms with Crippen LogP contribution < -0.4 is 16.4 Å². The van der Waals surface area contributed by atoms with Gasteiger partial charge in [0, 0.05) is 28.9 Å². The summed E-state index contributed by atoms with van der Waals surface area (Å²) >= 11 is 0. The Morgan fingerprint density at radius 2 is 1.94 bits per heavy atom. The molecule has 0 bridgehead atoms. The number of nitrogens with zero attached hydrogens (tertiary/aromatic N) is 1. The van der Waals surface area contributed by atoms with Crippen LogP contribution in [-0.2, 0) is 9.59 Å². The Morgan fingerprint density at radius 1 is 1.19 bits per heavy atom. The van der Waals surface area contributed by atoms with Crippen molar-refractivity contribution >= 4 is 23.2 Å². The van der Waals surface area contributed by atoms with Crippen molar-refractivity contribution in [2.24, 2.45) is 11.7 Å². The summed E-state index contributed by atoms with van der Waals surface area (Å²) in [4.78, 5) is 23.9. The molecule has 4 N–H and O–H groups in total. The molecule has 0 radical (unpaired) electrons. The van der Waals surface area contributed by atoms with E-state index in [1.807, 2.05) is 43.3 Å². The zero-order valence-electron chi connectivity index (χ0n) is 17.6. The summed E-state index contributed by atoms with van der Waals surface area (Å²) in [6.07, 6.45) is 7.06. The van der Waals surface area contributed by atoms with Crippen LogP contribution in [-0.4, -0.2) is 11.8 Å². The van der Waals surface area contributed by atoms with Gasteiger partial charge in [0.2, 0.25) is 11.8 Å². The van der Waals surface area contributed by atoms with E-state index >= 15 is 0 Å². The quantitative estimate of drug-likeness (QED) is 0.639. The van der Waals surface area contributed by atoms with Crippen LogP contribution in [0.1, 0.15) is 28.2 Å². The van der Waals surface area contributed by atoms with E-state index in [0.29, 0.717) is 16.8 Å². The van der Waals surface area contributed by atoms with Crippen molar-refractivity contribution < 1.29 is 9.59 Å². The maximum atomic E-state index is 12.1. The number of benzene rings is 2. The van der Waals surface area contributed by atoms with Crippen LogP contribution in [0.4, 0.5) is 5.69 Å². The lowest BCUT2D eigenvalue weighted by Crippen LogP contribution is -2.26. The lowest BCUT2D eigenvalue weighted by atomic mass is 9.78. The molecule has 0 spiro atoms. The molecular formula is C26H22N4O2. The van der Waals surface area contributed by atoms with Crippen molar-refractivity contribution in [1.82, 2.24) is 5.32 Å². The Balaban J connectivity index is 1.76. The molecule has 2 unspecified atom stereocenters. The van der Waals surface area contributed by atoms with Gasteiger partial charge in [0.15, 0.2) is 0 Å². The van der Waals surface area contributed by atoms with Gasteiger partial charge in [-0.2, -0.15) is 5.26 Å². The Morgan fingerprint density at radius 3 is 2.59 bits per heavy atom. The molecule has 2 aromatic rings. The van der Waals surface area contributed by atoms with Gasteiger partial charge in [-0.05, 0) is 47.9 Å². The molecule has 0 fully saturated rings. The van der Waals surface area contributed by atoms with E-state index in [0.717, 1.165) is 28.1 Å². The number of hydrogen-bond donors (Lipinski definition) is 3. The first-order chi connectivity index (χ1) is 15.4. The molecular weight excluding hydrogens is 400 g/mol. The van der Waals surface area contributed by atoms with Crippen molar-refractivity contribution in [3.05, 3.63) is 107 Å². The number of carbonyl (C=O) groups excluding carboxylic acids is 2. The molecule has 4 rings (SSSR count). The Labute approximate surface area is 186 Å². The van der Waals surface area contributed by atoms with Crippen molar-refractivity contribution in [3.63, 3.8) is 0 Å².